The van der Waals surface area contributed by atoms with E-state index < -0.39 is 0 Å². The molecule has 2 rings (SSSR count). The van der Waals surface area contributed by atoms with E-state index in [4.69, 9.17) is 5.26 Å². The van der Waals surface area contributed by atoms with Crippen LogP contribution in [0.5, 0.6) is 0 Å². The van der Waals surface area contributed by atoms with Crippen LogP contribution in [0.4, 0.5) is 5.82 Å². The van der Waals surface area contributed by atoms with E-state index in [0.29, 0.717) is 11.6 Å². The lowest BCUT2D eigenvalue weighted by Crippen LogP contribution is -2.26. The molecule has 0 atom stereocenters. The molecule has 3 heteroatoms. The number of aromatic nitrogens is 1. The van der Waals surface area contributed by atoms with Crippen LogP contribution < -0.4 is 4.90 Å². The summed E-state index contributed by atoms with van der Waals surface area (Å²) in [5.41, 5.74) is 0.682. The first-order valence-electron chi connectivity index (χ1n) is 4.98. The van der Waals surface area contributed by atoms with Crippen LogP contribution in [-0.2, 0) is 0 Å². The summed E-state index contributed by atoms with van der Waals surface area (Å²) in [5.74, 6) is 0.847. The Hall–Kier alpha value is -1.56. The minimum atomic E-state index is 0.613. The summed E-state index contributed by atoms with van der Waals surface area (Å²) < 4.78 is 0. The first-order valence-corrected chi connectivity index (χ1v) is 4.98. The molecule has 1 saturated carbocycles. The predicted molar refractivity (Wildman–Crippen MR) is 55.0 cm³/mol. The maximum Gasteiger partial charge on any atom is 0.146 e. The summed E-state index contributed by atoms with van der Waals surface area (Å²) in [6.07, 6.45) is 4.21. The van der Waals surface area contributed by atoms with Crippen LogP contribution in [0.2, 0.25) is 0 Å². The van der Waals surface area contributed by atoms with Crippen molar-refractivity contribution in [2.45, 2.75) is 25.8 Å². The third-order valence-corrected chi connectivity index (χ3v) is 2.51. The zero-order chi connectivity index (χ0) is 9.97. The Balaban J connectivity index is 2.33. The van der Waals surface area contributed by atoms with E-state index in [1.807, 2.05) is 12.1 Å². The van der Waals surface area contributed by atoms with Crippen molar-refractivity contribution in [3.05, 3.63) is 23.9 Å². The minimum Gasteiger partial charge on any atom is -0.353 e. The number of pyridine rings is 1. The first kappa shape index (κ1) is 9.01. The molecule has 1 aromatic heterocycles. The minimum absolute atomic E-state index is 0.613. The van der Waals surface area contributed by atoms with Gasteiger partial charge in [-0.2, -0.15) is 5.26 Å². The fraction of sp³-hybridized carbons (Fsp3) is 0.455. The maximum atomic E-state index is 8.95. The van der Waals surface area contributed by atoms with E-state index in [9.17, 15) is 0 Å². The molecule has 0 aliphatic heterocycles. The van der Waals surface area contributed by atoms with Crippen LogP contribution in [0, 0.1) is 11.3 Å². The monoisotopic (exact) mass is 187 g/mol. The fourth-order valence-corrected chi connectivity index (χ4v) is 1.68. The van der Waals surface area contributed by atoms with Gasteiger partial charge in [0.05, 0.1) is 5.56 Å². The SMILES string of the molecule is CCN(c1ncccc1C#N)C1CC1. The second-order valence-corrected chi connectivity index (χ2v) is 3.50. The average Bonchev–Trinajstić information content (AvgIpc) is 3.04. The van der Waals surface area contributed by atoms with Crippen molar-refractivity contribution in [3.63, 3.8) is 0 Å². The molecule has 0 bridgehead atoms. The normalized spacial score (nSPS) is 14.9. The molecule has 1 aliphatic rings. The number of anilines is 1. The zero-order valence-electron chi connectivity index (χ0n) is 8.27. The molecule has 72 valence electrons. The summed E-state index contributed by atoms with van der Waals surface area (Å²) in [6.45, 7) is 3.03. The summed E-state index contributed by atoms with van der Waals surface area (Å²) >= 11 is 0. The zero-order valence-corrected chi connectivity index (χ0v) is 8.27. The average molecular weight is 187 g/mol. The number of hydrogen-bond donors (Lipinski definition) is 0. The molecular formula is C11H13N3. The van der Waals surface area contributed by atoms with Crippen molar-refractivity contribution in [1.29, 1.82) is 5.26 Å². The molecule has 0 N–H and O–H groups in total. The lowest BCUT2D eigenvalue weighted by molar-refractivity contribution is 0.806. The molecule has 0 unspecified atom stereocenters. The van der Waals surface area contributed by atoms with Crippen molar-refractivity contribution < 1.29 is 0 Å². The standard InChI is InChI=1S/C11H13N3/c1-2-14(10-5-6-10)11-9(8-12)4-3-7-13-11/h3-4,7,10H,2,5-6H2,1H3. The number of nitrogens with zero attached hydrogens (tertiary/aromatic N) is 3. The van der Waals surface area contributed by atoms with Crippen LogP contribution in [0.25, 0.3) is 0 Å². The lowest BCUT2D eigenvalue weighted by atomic mass is 10.2. The van der Waals surface area contributed by atoms with Crippen molar-refractivity contribution >= 4 is 5.82 Å². The Morgan fingerprint density at radius 3 is 3.00 bits per heavy atom. The van der Waals surface area contributed by atoms with Gasteiger partial charge >= 0.3 is 0 Å². The van der Waals surface area contributed by atoms with Gasteiger partial charge in [0.15, 0.2) is 0 Å². The van der Waals surface area contributed by atoms with E-state index in [0.717, 1.165) is 12.4 Å². The maximum absolute atomic E-state index is 8.95. The first-order chi connectivity index (χ1) is 6.86. The van der Waals surface area contributed by atoms with Crippen LogP contribution >= 0.6 is 0 Å². The molecule has 0 radical (unpaired) electrons. The molecule has 3 nitrogen and oxygen atoms in total. The Morgan fingerprint density at radius 2 is 2.43 bits per heavy atom. The Labute approximate surface area is 84.0 Å². The number of rotatable bonds is 3. The summed E-state index contributed by atoms with van der Waals surface area (Å²) in [4.78, 5) is 6.51. The highest BCUT2D eigenvalue weighted by molar-refractivity contribution is 5.54. The second kappa shape index (κ2) is 3.67. The molecular weight excluding hydrogens is 174 g/mol. The van der Waals surface area contributed by atoms with E-state index in [1.165, 1.54) is 12.8 Å². The van der Waals surface area contributed by atoms with Crippen LogP contribution in [0.3, 0.4) is 0 Å². The van der Waals surface area contributed by atoms with Gasteiger partial charge in [-0.05, 0) is 31.9 Å². The molecule has 0 aromatic carbocycles. The summed E-state index contributed by atoms with van der Waals surface area (Å²) in [6, 6.07) is 6.44. The lowest BCUT2D eigenvalue weighted by Gasteiger charge is -2.21. The van der Waals surface area contributed by atoms with Crippen molar-refractivity contribution in [3.8, 4) is 6.07 Å². The summed E-state index contributed by atoms with van der Waals surface area (Å²) in [5, 5.41) is 8.95. The quantitative estimate of drug-likeness (QED) is 0.726. The Kier molecular flexibility index (Phi) is 2.36. The second-order valence-electron chi connectivity index (χ2n) is 3.50. The highest BCUT2D eigenvalue weighted by Crippen LogP contribution is 2.31. The van der Waals surface area contributed by atoms with Gasteiger partial charge in [-0.25, -0.2) is 4.98 Å². The van der Waals surface area contributed by atoms with Gasteiger partial charge in [-0.15, -0.1) is 0 Å². The largest absolute Gasteiger partial charge is 0.353 e. The molecule has 14 heavy (non-hydrogen) atoms. The van der Waals surface area contributed by atoms with E-state index in [2.05, 4.69) is 22.9 Å². The van der Waals surface area contributed by atoms with E-state index in [1.54, 1.807) is 6.20 Å². The summed E-state index contributed by atoms with van der Waals surface area (Å²) in [7, 11) is 0. The van der Waals surface area contributed by atoms with Crippen molar-refractivity contribution in [2.24, 2.45) is 0 Å². The topological polar surface area (TPSA) is 39.9 Å². The molecule has 0 spiro atoms. The number of hydrogen-bond acceptors (Lipinski definition) is 3. The molecule has 1 aliphatic carbocycles. The van der Waals surface area contributed by atoms with Gasteiger partial charge in [-0.3, -0.25) is 0 Å². The molecule has 0 amide bonds. The predicted octanol–water partition coefficient (Wildman–Crippen LogP) is 1.94. The van der Waals surface area contributed by atoms with Gasteiger partial charge < -0.3 is 4.90 Å². The molecule has 1 aromatic rings. The highest BCUT2D eigenvalue weighted by atomic mass is 15.2. The number of nitriles is 1. The third-order valence-electron chi connectivity index (χ3n) is 2.51. The fourth-order valence-electron chi connectivity index (χ4n) is 1.68. The van der Waals surface area contributed by atoms with E-state index >= 15 is 0 Å². The van der Waals surface area contributed by atoms with Crippen molar-refractivity contribution in [2.75, 3.05) is 11.4 Å². The van der Waals surface area contributed by atoms with Crippen molar-refractivity contribution in [1.82, 2.24) is 4.98 Å². The Bertz CT molecular complexity index is 363. The molecule has 0 saturated heterocycles. The molecule has 1 heterocycles. The van der Waals surface area contributed by atoms with Gasteiger partial charge in [0.1, 0.15) is 11.9 Å². The van der Waals surface area contributed by atoms with Gasteiger partial charge in [-0.1, -0.05) is 0 Å². The Morgan fingerprint density at radius 1 is 1.64 bits per heavy atom. The van der Waals surface area contributed by atoms with Crippen LogP contribution in [-0.4, -0.2) is 17.6 Å². The van der Waals surface area contributed by atoms with Gasteiger partial charge in [0, 0.05) is 18.8 Å². The third kappa shape index (κ3) is 1.56. The van der Waals surface area contributed by atoms with Gasteiger partial charge in [0.2, 0.25) is 0 Å². The smallest absolute Gasteiger partial charge is 0.146 e. The van der Waals surface area contributed by atoms with Crippen LogP contribution in [0.1, 0.15) is 25.3 Å². The van der Waals surface area contributed by atoms with Crippen LogP contribution in [0.15, 0.2) is 18.3 Å². The highest BCUT2D eigenvalue weighted by Gasteiger charge is 2.29. The van der Waals surface area contributed by atoms with E-state index in [-0.39, 0.29) is 0 Å². The molecule has 1 fully saturated rings. The van der Waals surface area contributed by atoms with Gasteiger partial charge in [0.25, 0.3) is 0 Å².